The Balaban J connectivity index is 2.42. The number of carboxylic acids is 1. The van der Waals surface area contributed by atoms with Gasteiger partial charge in [0.25, 0.3) is 0 Å². The number of aromatic nitrogens is 2. The summed E-state index contributed by atoms with van der Waals surface area (Å²) in [4.78, 5) is 28.3. The standard InChI is InChI=1S/C15H18N2O3S/c1-9(7-12-5-4-6-21-12)17-11(3)13(8-14(18)19)10(2)16-15(17)20/h4-6,9H,7-8H2,1-3H3,(H,18,19). The monoisotopic (exact) mass is 306 g/mol. The fourth-order valence-electron chi connectivity index (χ4n) is 2.55. The first kappa shape index (κ1) is 15.4. The van der Waals surface area contributed by atoms with E-state index >= 15 is 0 Å². The number of rotatable bonds is 5. The predicted molar refractivity (Wildman–Crippen MR) is 82.0 cm³/mol. The molecule has 2 aromatic heterocycles. The van der Waals surface area contributed by atoms with E-state index < -0.39 is 5.97 Å². The van der Waals surface area contributed by atoms with Crippen LogP contribution < -0.4 is 5.69 Å². The zero-order valence-electron chi connectivity index (χ0n) is 12.3. The Labute approximate surface area is 126 Å². The van der Waals surface area contributed by atoms with E-state index in [1.54, 1.807) is 29.8 Å². The minimum absolute atomic E-state index is 0.0585. The van der Waals surface area contributed by atoms with Gasteiger partial charge in [-0.05, 0) is 32.2 Å². The second-order valence-corrected chi connectivity index (χ2v) is 6.15. The van der Waals surface area contributed by atoms with Crippen LogP contribution in [0.25, 0.3) is 0 Å². The van der Waals surface area contributed by atoms with Crippen LogP contribution in [0, 0.1) is 13.8 Å². The number of carbonyl (C=O) groups is 1. The lowest BCUT2D eigenvalue weighted by Crippen LogP contribution is -2.31. The Hall–Kier alpha value is -1.95. The van der Waals surface area contributed by atoms with Gasteiger partial charge in [-0.2, -0.15) is 4.98 Å². The molecule has 0 fully saturated rings. The molecule has 0 aliphatic rings. The molecule has 1 atom stereocenters. The lowest BCUT2D eigenvalue weighted by Gasteiger charge is -2.20. The number of aliphatic carboxylic acids is 1. The smallest absolute Gasteiger partial charge is 0.348 e. The maximum Gasteiger partial charge on any atom is 0.348 e. The Morgan fingerprint density at radius 1 is 1.48 bits per heavy atom. The number of nitrogens with zero attached hydrogens (tertiary/aromatic N) is 2. The zero-order chi connectivity index (χ0) is 15.6. The van der Waals surface area contributed by atoms with Crippen LogP contribution in [0.15, 0.2) is 22.3 Å². The van der Waals surface area contributed by atoms with Crippen molar-refractivity contribution in [2.75, 3.05) is 0 Å². The van der Waals surface area contributed by atoms with Crippen molar-refractivity contribution in [2.45, 2.75) is 39.7 Å². The lowest BCUT2D eigenvalue weighted by atomic mass is 10.1. The van der Waals surface area contributed by atoms with Crippen LogP contribution in [0.2, 0.25) is 0 Å². The molecule has 6 heteroatoms. The molecule has 0 saturated heterocycles. The Kier molecular flexibility index (Phi) is 4.57. The first-order chi connectivity index (χ1) is 9.90. The normalized spacial score (nSPS) is 12.3. The van der Waals surface area contributed by atoms with Crippen LogP contribution in [0.1, 0.15) is 34.8 Å². The van der Waals surface area contributed by atoms with Crippen molar-refractivity contribution in [3.05, 3.63) is 49.8 Å². The van der Waals surface area contributed by atoms with Crippen molar-refractivity contribution >= 4 is 17.3 Å². The quantitative estimate of drug-likeness (QED) is 0.920. The maximum absolute atomic E-state index is 12.2. The van der Waals surface area contributed by atoms with Crippen LogP contribution in [-0.4, -0.2) is 20.6 Å². The molecule has 2 aromatic rings. The third kappa shape index (κ3) is 3.39. The summed E-state index contributed by atoms with van der Waals surface area (Å²) in [6, 6.07) is 3.95. The van der Waals surface area contributed by atoms with E-state index in [-0.39, 0.29) is 18.2 Å². The molecule has 112 valence electrons. The van der Waals surface area contributed by atoms with Gasteiger partial charge in [0.1, 0.15) is 0 Å². The summed E-state index contributed by atoms with van der Waals surface area (Å²) in [6.07, 6.45) is 0.617. The molecule has 21 heavy (non-hydrogen) atoms. The van der Waals surface area contributed by atoms with Crippen molar-refractivity contribution in [1.82, 2.24) is 9.55 Å². The Bertz CT molecular complexity index is 704. The highest BCUT2D eigenvalue weighted by Gasteiger charge is 2.18. The average molecular weight is 306 g/mol. The number of carboxylic acid groups (broad SMARTS) is 1. The first-order valence-electron chi connectivity index (χ1n) is 6.73. The molecule has 0 aliphatic carbocycles. The molecule has 2 rings (SSSR count). The van der Waals surface area contributed by atoms with E-state index in [9.17, 15) is 9.59 Å². The lowest BCUT2D eigenvalue weighted by molar-refractivity contribution is -0.136. The van der Waals surface area contributed by atoms with E-state index in [0.717, 1.165) is 6.42 Å². The highest BCUT2D eigenvalue weighted by molar-refractivity contribution is 7.09. The second-order valence-electron chi connectivity index (χ2n) is 5.12. The van der Waals surface area contributed by atoms with Gasteiger partial charge in [-0.1, -0.05) is 6.07 Å². The summed E-state index contributed by atoms with van der Waals surface area (Å²) in [5.41, 5.74) is 1.50. The number of hydrogen-bond donors (Lipinski definition) is 1. The zero-order valence-corrected chi connectivity index (χ0v) is 13.1. The molecule has 1 N–H and O–H groups in total. The maximum atomic E-state index is 12.2. The number of aryl methyl sites for hydroxylation is 1. The van der Waals surface area contributed by atoms with Crippen LogP contribution in [0.3, 0.4) is 0 Å². The van der Waals surface area contributed by atoms with Gasteiger partial charge < -0.3 is 5.11 Å². The third-order valence-electron chi connectivity index (χ3n) is 3.55. The summed E-state index contributed by atoms with van der Waals surface area (Å²) in [6.45, 7) is 5.43. The Morgan fingerprint density at radius 2 is 2.19 bits per heavy atom. The van der Waals surface area contributed by atoms with Crippen molar-refractivity contribution in [3.8, 4) is 0 Å². The molecule has 0 saturated carbocycles. The largest absolute Gasteiger partial charge is 0.481 e. The van der Waals surface area contributed by atoms with Crippen molar-refractivity contribution in [2.24, 2.45) is 0 Å². The molecule has 5 nitrogen and oxygen atoms in total. The second kappa shape index (κ2) is 6.22. The fourth-order valence-corrected chi connectivity index (χ4v) is 3.38. The molecular weight excluding hydrogens is 288 g/mol. The minimum Gasteiger partial charge on any atom is -0.481 e. The van der Waals surface area contributed by atoms with Gasteiger partial charge in [0.05, 0.1) is 6.42 Å². The molecule has 0 aliphatic heterocycles. The third-order valence-corrected chi connectivity index (χ3v) is 4.45. The summed E-state index contributed by atoms with van der Waals surface area (Å²) < 4.78 is 1.60. The summed E-state index contributed by atoms with van der Waals surface area (Å²) in [7, 11) is 0. The van der Waals surface area contributed by atoms with Crippen molar-refractivity contribution < 1.29 is 9.90 Å². The van der Waals surface area contributed by atoms with Gasteiger partial charge in [-0.25, -0.2) is 4.79 Å². The summed E-state index contributed by atoms with van der Waals surface area (Å²) in [5, 5.41) is 11.0. The van der Waals surface area contributed by atoms with E-state index in [0.29, 0.717) is 17.0 Å². The Morgan fingerprint density at radius 3 is 2.76 bits per heavy atom. The summed E-state index contributed by atoms with van der Waals surface area (Å²) in [5.74, 6) is -0.917. The average Bonchev–Trinajstić information content (AvgIpc) is 2.86. The molecule has 2 heterocycles. The fraction of sp³-hybridized carbons (Fsp3) is 0.400. The number of thiophene rings is 1. The predicted octanol–water partition coefficient (Wildman–Crippen LogP) is 2.35. The van der Waals surface area contributed by atoms with Gasteiger partial charge in [0.2, 0.25) is 0 Å². The highest BCUT2D eigenvalue weighted by Crippen LogP contribution is 2.20. The van der Waals surface area contributed by atoms with Gasteiger partial charge in [-0.3, -0.25) is 9.36 Å². The van der Waals surface area contributed by atoms with Crippen LogP contribution in [-0.2, 0) is 17.6 Å². The molecular formula is C15H18N2O3S. The van der Waals surface area contributed by atoms with E-state index in [2.05, 4.69) is 4.98 Å². The molecule has 0 radical (unpaired) electrons. The van der Waals surface area contributed by atoms with Crippen LogP contribution in [0.4, 0.5) is 0 Å². The molecule has 0 spiro atoms. The van der Waals surface area contributed by atoms with Crippen LogP contribution in [0.5, 0.6) is 0 Å². The van der Waals surface area contributed by atoms with Gasteiger partial charge >= 0.3 is 11.7 Å². The molecule has 0 aromatic carbocycles. The molecule has 1 unspecified atom stereocenters. The van der Waals surface area contributed by atoms with Crippen LogP contribution >= 0.6 is 11.3 Å². The van der Waals surface area contributed by atoms with Gasteiger partial charge in [0, 0.05) is 34.3 Å². The highest BCUT2D eigenvalue weighted by atomic mass is 32.1. The van der Waals surface area contributed by atoms with Gasteiger partial charge in [0.15, 0.2) is 0 Å². The SMILES string of the molecule is Cc1nc(=O)n(C(C)Cc2cccs2)c(C)c1CC(=O)O. The van der Waals surface area contributed by atoms with E-state index in [1.165, 1.54) is 4.88 Å². The van der Waals surface area contributed by atoms with Crippen molar-refractivity contribution in [1.29, 1.82) is 0 Å². The minimum atomic E-state index is -0.917. The first-order valence-corrected chi connectivity index (χ1v) is 7.61. The summed E-state index contributed by atoms with van der Waals surface area (Å²) >= 11 is 1.65. The van der Waals surface area contributed by atoms with Crippen molar-refractivity contribution in [3.63, 3.8) is 0 Å². The topological polar surface area (TPSA) is 72.2 Å². The van der Waals surface area contributed by atoms with Gasteiger partial charge in [-0.15, -0.1) is 11.3 Å². The molecule has 0 bridgehead atoms. The van der Waals surface area contributed by atoms with E-state index in [1.807, 2.05) is 24.4 Å². The van der Waals surface area contributed by atoms with E-state index in [4.69, 9.17) is 5.11 Å². The number of hydrogen-bond acceptors (Lipinski definition) is 4. The molecule has 0 amide bonds.